The van der Waals surface area contributed by atoms with E-state index < -0.39 is 10.0 Å². The minimum absolute atomic E-state index is 0.0391. The summed E-state index contributed by atoms with van der Waals surface area (Å²) in [5.74, 6) is 0.0391. The van der Waals surface area contributed by atoms with Crippen LogP contribution in [0.15, 0.2) is 34.1 Å². The summed E-state index contributed by atoms with van der Waals surface area (Å²) < 4.78 is 29.6. The van der Waals surface area contributed by atoms with Crippen LogP contribution in [0.1, 0.15) is 37.2 Å². The van der Waals surface area contributed by atoms with Gasteiger partial charge in [0.05, 0.1) is 17.8 Å². The molecule has 1 aromatic carbocycles. The van der Waals surface area contributed by atoms with E-state index in [0.29, 0.717) is 55.7 Å². The molecule has 0 aliphatic carbocycles. The zero-order valence-electron chi connectivity index (χ0n) is 19.0. The number of carbonyl (C=O) groups is 1. The summed E-state index contributed by atoms with van der Waals surface area (Å²) in [5, 5.41) is 4.77. The molecule has 1 amide bonds. The number of amides is 1. The van der Waals surface area contributed by atoms with Gasteiger partial charge in [0.1, 0.15) is 4.90 Å². The van der Waals surface area contributed by atoms with Crippen molar-refractivity contribution in [2.24, 2.45) is 7.05 Å². The Balaban J connectivity index is 1.65. The first kappa shape index (κ1) is 23.8. The molecule has 2 aromatic rings. The average molecular weight is 465 g/mol. The third-order valence-corrected chi connectivity index (χ3v) is 8.67. The van der Waals surface area contributed by atoms with Crippen molar-refractivity contribution >= 4 is 27.7 Å². The lowest BCUT2D eigenvalue weighted by Crippen LogP contribution is -2.38. The van der Waals surface area contributed by atoms with E-state index in [4.69, 9.17) is 0 Å². The minimum Gasteiger partial charge on any atom is -0.341 e. The molecule has 0 radical (unpaired) electrons. The van der Waals surface area contributed by atoms with Crippen LogP contribution in [0.2, 0.25) is 0 Å². The van der Waals surface area contributed by atoms with Crippen LogP contribution in [0.5, 0.6) is 0 Å². The Bertz CT molecular complexity index is 1030. The van der Waals surface area contributed by atoms with Gasteiger partial charge >= 0.3 is 0 Å². The van der Waals surface area contributed by atoms with E-state index in [-0.39, 0.29) is 10.8 Å². The summed E-state index contributed by atoms with van der Waals surface area (Å²) in [7, 11) is -1.89. The van der Waals surface area contributed by atoms with Crippen molar-refractivity contribution in [3.8, 4) is 0 Å². The first-order chi connectivity index (χ1) is 14.6. The third-order valence-electron chi connectivity index (χ3n) is 5.50. The summed E-state index contributed by atoms with van der Waals surface area (Å²) in [4.78, 5) is 16.1. The number of thioether (sulfide) groups is 1. The smallest absolute Gasteiger partial charge is 0.246 e. The van der Waals surface area contributed by atoms with Crippen LogP contribution in [-0.2, 0) is 28.3 Å². The minimum atomic E-state index is -3.64. The fourth-order valence-corrected chi connectivity index (χ4v) is 6.59. The summed E-state index contributed by atoms with van der Waals surface area (Å²) in [6, 6.07) is 8.13. The summed E-state index contributed by atoms with van der Waals surface area (Å²) in [6.45, 7) is 9.47. The second-order valence-electron chi connectivity index (χ2n) is 8.25. The van der Waals surface area contributed by atoms with Gasteiger partial charge in [0, 0.05) is 43.4 Å². The van der Waals surface area contributed by atoms with Crippen molar-refractivity contribution < 1.29 is 13.2 Å². The lowest BCUT2D eigenvalue weighted by molar-refractivity contribution is -0.130. The lowest BCUT2D eigenvalue weighted by Gasteiger charge is -2.22. The standard InChI is InChI=1S/C22H32N4O3S2/c1-16(2)30-20-9-7-19(8-10-20)15-21(27)25-11-6-12-26(14-13-25)31(28,29)22-17(3)23-24(5)18(22)4/h7-10,16H,6,11-15H2,1-5H3. The highest BCUT2D eigenvalue weighted by Crippen LogP contribution is 2.25. The molecular weight excluding hydrogens is 432 g/mol. The molecule has 3 rings (SSSR count). The third kappa shape index (κ3) is 5.51. The Morgan fingerprint density at radius 3 is 2.35 bits per heavy atom. The maximum atomic E-state index is 13.2. The molecule has 1 aliphatic rings. The van der Waals surface area contributed by atoms with Crippen LogP contribution in [0.4, 0.5) is 0 Å². The van der Waals surface area contributed by atoms with Crippen molar-refractivity contribution in [3.63, 3.8) is 0 Å². The number of carbonyl (C=O) groups excluding carboxylic acids is 1. The van der Waals surface area contributed by atoms with Crippen molar-refractivity contribution in [3.05, 3.63) is 41.2 Å². The summed E-state index contributed by atoms with van der Waals surface area (Å²) in [6.07, 6.45) is 0.952. The zero-order chi connectivity index (χ0) is 22.8. The van der Waals surface area contributed by atoms with Gasteiger partial charge in [-0.15, -0.1) is 11.8 Å². The Morgan fingerprint density at radius 1 is 1.10 bits per heavy atom. The predicted octanol–water partition coefficient (Wildman–Crippen LogP) is 3.00. The van der Waals surface area contributed by atoms with Crippen molar-refractivity contribution in [1.29, 1.82) is 0 Å². The van der Waals surface area contributed by atoms with Crippen molar-refractivity contribution in [1.82, 2.24) is 19.0 Å². The van der Waals surface area contributed by atoms with Crippen molar-refractivity contribution in [2.45, 2.75) is 55.6 Å². The first-order valence-electron chi connectivity index (χ1n) is 10.6. The van der Waals surface area contributed by atoms with Gasteiger partial charge in [-0.2, -0.15) is 9.40 Å². The van der Waals surface area contributed by atoms with Gasteiger partial charge in [-0.05, 0) is 38.0 Å². The Morgan fingerprint density at radius 2 is 1.77 bits per heavy atom. The van der Waals surface area contributed by atoms with E-state index in [0.717, 1.165) is 5.56 Å². The van der Waals surface area contributed by atoms with Crippen LogP contribution in [0, 0.1) is 13.8 Å². The highest BCUT2D eigenvalue weighted by molar-refractivity contribution is 7.99. The number of rotatable bonds is 6. The number of hydrogen-bond donors (Lipinski definition) is 0. The largest absolute Gasteiger partial charge is 0.341 e. The van der Waals surface area contributed by atoms with Crippen LogP contribution in [0.25, 0.3) is 0 Å². The molecule has 1 aliphatic heterocycles. The molecular formula is C22H32N4O3S2. The van der Waals surface area contributed by atoms with Crippen LogP contribution >= 0.6 is 11.8 Å². The molecule has 0 unspecified atom stereocenters. The summed E-state index contributed by atoms with van der Waals surface area (Å²) in [5.41, 5.74) is 2.12. The molecule has 1 saturated heterocycles. The summed E-state index contributed by atoms with van der Waals surface area (Å²) >= 11 is 1.80. The van der Waals surface area contributed by atoms with Gasteiger partial charge in [-0.25, -0.2) is 8.42 Å². The van der Waals surface area contributed by atoms with Gasteiger partial charge in [-0.3, -0.25) is 9.48 Å². The van der Waals surface area contributed by atoms with E-state index in [1.165, 1.54) is 9.20 Å². The number of benzene rings is 1. The highest BCUT2D eigenvalue weighted by Gasteiger charge is 2.32. The van der Waals surface area contributed by atoms with E-state index in [9.17, 15) is 13.2 Å². The fourth-order valence-electron chi connectivity index (χ4n) is 3.88. The van der Waals surface area contributed by atoms with Gasteiger partial charge in [0.2, 0.25) is 15.9 Å². The molecule has 1 fully saturated rings. The van der Waals surface area contributed by atoms with E-state index in [2.05, 4.69) is 31.1 Å². The van der Waals surface area contributed by atoms with Gasteiger partial charge < -0.3 is 4.90 Å². The highest BCUT2D eigenvalue weighted by atomic mass is 32.2. The zero-order valence-corrected chi connectivity index (χ0v) is 20.6. The number of sulfonamides is 1. The van der Waals surface area contributed by atoms with Gasteiger partial charge in [0.15, 0.2) is 0 Å². The monoisotopic (exact) mass is 464 g/mol. The van der Waals surface area contributed by atoms with Crippen LogP contribution in [0.3, 0.4) is 0 Å². The van der Waals surface area contributed by atoms with E-state index >= 15 is 0 Å². The van der Waals surface area contributed by atoms with Crippen molar-refractivity contribution in [2.75, 3.05) is 26.2 Å². The lowest BCUT2D eigenvalue weighted by atomic mass is 10.1. The number of aromatic nitrogens is 2. The second kappa shape index (κ2) is 9.75. The maximum absolute atomic E-state index is 13.2. The van der Waals surface area contributed by atoms with Crippen LogP contribution < -0.4 is 0 Å². The molecule has 2 heterocycles. The number of hydrogen-bond acceptors (Lipinski definition) is 5. The number of nitrogens with zero attached hydrogens (tertiary/aromatic N) is 4. The molecule has 9 heteroatoms. The predicted molar refractivity (Wildman–Crippen MR) is 124 cm³/mol. The molecule has 1 aromatic heterocycles. The molecule has 7 nitrogen and oxygen atoms in total. The molecule has 0 saturated carbocycles. The Kier molecular flexibility index (Phi) is 7.49. The normalized spacial score (nSPS) is 16.0. The van der Waals surface area contributed by atoms with E-state index in [1.54, 1.807) is 42.2 Å². The SMILES string of the molecule is Cc1nn(C)c(C)c1S(=O)(=O)N1CCCN(C(=O)Cc2ccc(SC(C)C)cc2)CC1. The molecule has 0 atom stereocenters. The Hall–Kier alpha value is -1.84. The molecule has 170 valence electrons. The average Bonchev–Trinajstić information content (AvgIpc) is 2.87. The Labute approximate surface area is 189 Å². The first-order valence-corrected chi connectivity index (χ1v) is 12.9. The number of aryl methyl sites for hydroxylation is 2. The quantitative estimate of drug-likeness (QED) is 0.615. The fraction of sp³-hybridized carbons (Fsp3) is 0.545. The van der Waals surface area contributed by atoms with Crippen LogP contribution in [-0.4, -0.2) is 64.7 Å². The van der Waals surface area contributed by atoms with Gasteiger partial charge in [-0.1, -0.05) is 26.0 Å². The molecule has 0 spiro atoms. The second-order valence-corrected chi connectivity index (χ2v) is 11.8. The molecule has 31 heavy (non-hydrogen) atoms. The topological polar surface area (TPSA) is 75.5 Å². The van der Waals surface area contributed by atoms with E-state index in [1.807, 2.05) is 12.1 Å². The molecule has 0 bridgehead atoms. The molecule has 0 N–H and O–H groups in total. The van der Waals surface area contributed by atoms with Gasteiger partial charge in [0.25, 0.3) is 0 Å². The maximum Gasteiger partial charge on any atom is 0.246 e.